The molecule has 1 aromatic heterocycles. The molecule has 2 heterocycles. The summed E-state index contributed by atoms with van der Waals surface area (Å²) >= 11 is 3.41. The van der Waals surface area contributed by atoms with Crippen molar-refractivity contribution in [2.75, 3.05) is 13.2 Å². The van der Waals surface area contributed by atoms with Gasteiger partial charge in [0.2, 0.25) is 0 Å². The molecule has 3 rings (SSSR count). The summed E-state index contributed by atoms with van der Waals surface area (Å²) in [6, 6.07) is 8.60. The van der Waals surface area contributed by atoms with Crippen LogP contribution in [0.4, 0.5) is 0 Å². The van der Waals surface area contributed by atoms with Crippen molar-refractivity contribution in [3.8, 4) is 5.75 Å². The van der Waals surface area contributed by atoms with Crippen LogP contribution >= 0.6 is 23.1 Å². The number of thioether (sulfide) groups is 1. The lowest BCUT2D eigenvalue weighted by molar-refractivity contribution is 0.260. The predicted molar refractivity (Wildman–Crippen MR) is 87.3 cm³/mol. The fourth-order valence-electron chi connectivity index (χ4n) is 2.44. The highest BCUT2D eigenvalue weighted by atomic mass is 32.2. The molecule has 2 aromatic rings. The minimum Gasteiger partial charge on any atom is -0.492 e. The van der Waals surface area contributed by atoms with E-state index >= 15 is 0 Å². The zero-order valence-corrected chi connectivity index (χ0v) is 13.8. The number of benzene rings is 1. The Morgan fingerprint density at radius 3 is 3.00 bits per heavy atom. The molecular formula is C15H19N3OS2. The highest BCUT2D eigenvalue weighted by molar-refractivity contribution is 8.01. The second-order valence-corrected chi connectivity index (χ2v) is 7.69. The van der Waals surface area contributed by atoms with Gasteiger partial charge in [-0.2, -0.15) is 0 Å². The van der Waals surface area contributed by atoms with Gasteiger partial charge in [-0.05, 0) is 26.0 Å². The van der Waals surface area contributed by atoms with Gasteiger partial charge in [0.05, 0.1) is 11.3 Å². The molecule has 0 fully saturated rings. The highest BCUT2D eigenvalue weighted by Gasteiger charge is 2.31. The Balaban J connectivity index is 1.82. The third-order valence-corrected chi connectivity index (χ3v) is 5.57. The molecule has 112 valence electrons. The molecule has 0 spiro atoms. The molecule has 0 bridgehead atoms. The van der Waals surface area contributed by atoms with Crippen LogP contribution < -0.4 is 10.1 Å². The molecule has 1 aromatic carbocycles. The first kappa shape index (κ1) is 14.8. The third-order valence-electron chi connectivity index (χ3n) is 3.40. The van der Waals surface area contributed by atoms with E-state index in [1.165, 1.54) is 5.56 Å². The third kappa shape index (κ3) is 3.39. The second kappa shape index (κ2) is 6.77. The Hall–Kier alpha value is -1.11. The van der Waals surface area contributed by atoms with Gasteiger partial charge in [0, 0.05) is 5.56 Å². The molecular weight excluding hydrogens is 302 g/mol. The monoisotopic (exact) mass is 321 g/mol. The van der Waals surface area contributed by atoms with Crippen molar-refractivity contribution in [2.24, 2.45) is 0 Å². The number of fused-ring (bicyclic) bond motifs is 1. The van der Waals surface area contributed by atoms with Crippen LogP contribution in [-0.2, 0) is 0 Å². The van der Waals surface area contributed by atoms with Crippen molar-refractivity contribution >= 4 is 23.1 Å². The van der Waals surface area contributed by atoms with Crippen LogP contribution in [0, 0.1) is 6.92 Å². The van der Waals surface area contributed by atoms with E-state index in [2.05, 4.69) is 34.6 Å². The molecule has 2 atom stereocenters. The van der Waals surface area contributed by atoms with E-state index in [0.29, 0.717) is 17.9 Å². The van der Waals surface area contributed by atoms with Crippen molar-refractivity contribution in [1.29, 1.82) is 0 Å². The first-order valence-corrected chi connectivity index (χ1v) is 8.89. The van der Waals surface area contributed by atoms with E-state index in [-0.39, 0.29) is 0 Å². The lowest BCUT2D eigenvalue weighted by atomic mass is 10.00. The number of aryl methyl sites for hydroxylation is 1. The van der Waals surface area contributed by atoms with Gasteiger partial charge in [0.15, 0.2) is 4.34 Å². The molecule has 2 unspecified atom stereocenters. The highest BCUT2D eigenvalue weighted by Crippen LogP contribution is 2.40. The summed E-state index contributed by atoms with van der Waals surface area (Å²) < 4.78 is 6.94. The summed E-state index contributed by atoms with van der Waals surface area (Å²) in [7, 11) is 0. The van der Waals surface area contributed by atoms with Crippen molar-refractivity contribution in [1.82, 2.24) is 15.5 Å². The van der Waals surface area contributed by atoms with Gasteiger partial charge in [-0.25, -0.2) is 0 Å². The second-order valence-electron chi connectivity index (χ2n) is 5.02. The van der Waals surface area contributed by atoms with Crippen LogP contribution in [0.2, 0.25) is 0 Å². The van der Waals surface area contributed by atoms with Crippen LogP contribution in [-0.4, -0.2) is 28.6 Å². The first-order valence-electron chi connectivity index (χ1n) is 7.20. The SMILES string of the molecule is CCCNC1c2ccccc2OCC1Sc1nnc(C)s1. The van der Waals surface area contributed by atoms with Crippen LogP contribution in [0.15, 0.2) is 28.6 Å². The van der Waals surface area contributed by atoms with Crippen LogP contribution in [0.1, 0.15) is 30.0 Å². The van der Waals surface area contributed by atoms with Crippen molar-refractivity contribution in [3.05, 3.63) is 34.8 Å². The quantitative estimate of drug-likeness (QED) is 0.914. The molecule has 21 heavy (non-hydrogen) atoms. The minimum absolute atomic E-state index is 0.295. The fraction of sp³-hybridized carbons (Fsp3) is 0.467. The molecule has 0 aliphatic carbocycles. The van der Waals surface area contributed by atoms with Crippen LogP contribution in [0.5, 0.6) is 5.75 Å². The van der Waals surface area contributed by atoms with E-state index in [1.807, 2.05) is 19.1 Å². The van der Waals surface area contributed by atoms with E-state index in [9.17, 15) is 0 Å². The summed E-state index contributed by atoms with van der Waals surface area (Å²) in [4.78, 5) is 0. The minimum atomic E-state index is 0.295. The van der Waals surface area contributed by atoms with Gasteiger partial charge in [0.25, 0.3) is 0 Å². The molecule has 0 amide bonds. The number of nitrogens with one attached hydrogen (secondary N) is 1. The maximum Gasteiger partial charge on any atom is 0.174 e. The molecule has 1 N–H and O–H groups in total. The van der Waals surface area contributed by atoms with Gasteiger partial charge >= 0.3 is 0 Å². The summed E-state index contributed by atoms with van der Waals surface area (Å²) in [5.41, 5.74) is 1.25. The molecule has 0 saturated carbocycles. The molecule has 4 nitrogen and oxygen atoms in total. The first-order chi connectivity index (χ1) is 10.3. The lowest BCUT2D eigenvalue weighted by Gasteiger charge is -2.33. The summed E-state index contributed by atoms with van der Waals surface area (Å²) in [5, 5.41) is 13.3. The molecule has 0 radical (unpaired) electrons. The summed E-state index contributed by atoms with van der Waals surface area (Å²) in [5.74, 6) is 0.997. The fourth-order valence-corrected chi connectivity index (χ4v) is 4.64. The topological polar surface area (TPSA) is 47.0 Å². The number of rotatable bonds is 5. The zero-order chi connectivity index (χ0) is 14.7. The molecule has 6 heteroatoms. The van der Waals surface area contributed by atoms with E-state index in [4.69, 9.17) is 4.74 Å². The van der Waals surface area contributed by atoms with E-state index in [0.717, 1.165) is 28.1 Å². The standard InChI is InChI=1S/C15H19N3OS2/c1-3-8-16-14-11-6-4-5-7-12(11)19-9-13(14)21-15-18-17-10(2)20-15/h4-7,13-14,16H,3,8-9H2,1-2H3. The Labute approximate surface area is 133 Å². The smallest absolute Gasteiger partial charge is 0.174 e. The van der Waals surface area contributed by atoms with Crippen molar-refractivity contribution < 1.29 is 4.74 Å². The Morgan fingerprint density at radius 1 is 1.38 bits per heavy atom. The van der Waals surface area contributed by atoms with Gasteiger partial charge in [-0.3, -0.25) is 0 Å². The number of ether oxygens (including phenoxy) is 1. The summed E-state index contributed by atoms with van der Waals surface area (Å²) in [6.45, 7) is 5.88. The Kier molecular flexibility index (Phi) is 4.77. The van der Waals surface area contributed by atoms with E-state index < -0.39 is 0 Å². The lowest BCUT2D eigenvalue weighted by Crippen LogP contribution is -2.37. The van der Waals surface area contributed by atoms with Crippen LogP contribution in [0.25, 0.3) is 0 Å². The number of nitrogens with zero attached hydrogens (tertiary/aromatic N) is 2. The Morgan fingerprint density at radius 2 is 2.24 bits per heavy atom. The molecule has 1 aliphatic rings. The Bertz CT molecular complexity index is 602. The van der Waals surface area contributed by atoms with Crippen molar-refractivity contribution in [3.63, 3.8) is 0 Å². The summed E-state index contributed by atoms with van der Waals surface area (Å²) in [6.07, 6.45) is 1.12. The number of hydrogen-bond acceptors (Lipinski definition) is 6. The zero-order valence-electron chi connectivity index (χ0n) is 12.2. The molecule has 0 saturated heterocycles. The van der Waals surface area contributed by atoms with Gasteiger partial charge in [0.1, 0.15) is 17.4 Å². The van der Waals surface area contributed by atoms with Crippen LogP contribution in [0.3, 0.4) is 0 Å². The average molecular weight is 321 g/mol. The van der Waals surface area contributed by atoms with Gasteiger partial charge < -0.3 is 10.1 Å². The maximum atomic E-state index is 5.92. The van der Waals surface area contributed by atoms with E-state index in [1.54, 1.807) is 23.1 Å². The number of hydrogen-bond donors (Lipinski definition) is 1. The largest absolute Gasteiger partial charge is 0.492 e. The van der Waals surface area contributed by atoms with Gasteiger partial charge in [-0.15, -0.1) is 10.2 Å². The predicted octanol–water partition coefficient (Wildman–Crippen LogP) is 3.44. The normalized spacial score (nSPS) is 20.9. The van der Waals surface area contributed by atoms with Gasteiger partial charge in [-0.1, -0.05) is 48.2 Å². The maximum absolute atomic E-state index is 5.92. The number of aromatic nitrogens is 2. The van der Waals surface area contributed by atoms with Crippen molar-refractivity contribution in [2.45, 2.75) is 35.9 Å². The molecule has 1 aliphatic heterocycles. The number of para-hydroxylation sites is 1. The average Bonchev–Trinajstić information content (AvgIpc) is 2.91.